The van der Waals surface area contributed by atoms with E-state index < -0.39 is 0 Å². The fraction of sp³-hybridized carbons (Fsp3) is 0.615. The van der Waals surface area contributed by atoms with Crippen LogP contribution < -0.4 is 5.73 Å². The summed E-state index contributed by atoms with van der Waals surface area (Å²) in [6, 6.07) is 0. The van der Waals surface area contributed by atoms with Gasteiger partial charge in [-0.15, -0.1) is 12.3 Å². The van der Waals surface area contributed by atoms with Crippen LogP contribution >= 0.6 is 0 Å². The zero-order chi connectivity index (χ0) is 10.7. The molecule has 0 amide bonds. The van der Waals surface area contributed by atoms with Gasteiger partial charge in [0.2, 0.25) is 0 Å². The van der Waals surface area contributed by atoms with Crippen molar-refractivity contribution in [3.63, 3.8) is 0 Å². The van der Waals surface area contributed by atoms with Crippen molar-refractivity contribution in [2.75, 3.05) is 6.54 Å². The molecule has 0 unspecified atom stereocenters. The molecule has 0 spiro atoms. The first kappa shape index (κ1) is 10.3. The van der Waals surface area contributed by atoms with Crippen LogP contribution in [0.4, 0.5) is 0 Å². The van der Waals surface area contributed by atoms with Gasteiger partial charge in [-0.25, -0.2) is 0 Å². The van der Waals surface area contributed by atoms with Crippen LogP contribution in [0.1, 0.15) is 38.5 Å². The van der Waals surface area contributed by atoms with E-state index >= 15 is 0 Å². The summed E-state index contributed by atoms with van der Waals surface area (Å²) in [5, 5.41) is 0. The number of allylic oxidation sites excluding steroid dienone is 2. The average Bonchev–Trinajstić information content (AvgIpc) is 3.10. The largest absolute Gasteiger partial charge is 0.402 e. The van der Waals surface area contributed by atoms with Gasteiger partial charge in [0.25, 0.3) is 0 Å². The standard InChI is InChI=1S/C13H18N2/c1-2-5-11(13(14)10-7-8-10)12-6-3-4-9-15-12/h1,10H,3-9,14H2/b13-11-. The molecule has 2 N–H and O–H groups in total. The molecule has 0 aromatic carbocycles. The second-order valence-electron chi connectivity index (χ2n) is 4.37. The van der Waals surface area contributed by atoms with E-state index in [-0.39, 0.29) is 0 Å². The Morgan fingerprint density at radius 2 is 2.27 bits per heavy atom. The van der Waals surface area contributed by atoms with Gasteiger partial charge < -0.3 is 5.73 Å². The van der Waals surface area contributed by atoms with Crippen molar-refractivity contribution in [1.29, 1.82) is 0 Å². The van der Waals surface area contributed by atoms with E-state index in [0.717, 1.165) is 18.7 Å². The van der Waals surface area contributed by atoms with Crippen molar-refractivity contribution in [1.82, 2.24) is 0 Å². The first-order chi connectivity index (χ1) is 7.33. The Morgan fingerprint density at radius 3 is 2.80 bits per heavy atom. The number of hydrogen-bond donors (Lipinski definition) is 1. The molecule has 0 atom stereocenters. The second kappa shape index (κ2) is 4.53. The van der Waals surface area contributed by atoms with E-state index in [1.165, 1.54) is 37.0 Å². The molecule has 2 heteroatoms. The lowest BCUT2D eigenvalue weighted by atomic mass is 9.96. The van der Waals surface area contributed by atoms with Gasteiger partial charge in [0.15, 0.2) is 0 Å². The maximum atomic E-state index is 6.14. The highest BCUT2D eigenvalue weighted by molar-refractivity contribution is 6.01. The first-order valence-electron chi connectivity index (χ1n) is 5.78. The Balaban J connectivity index is 2.21. The Bertz CT molecular complexity index is 340. The number of hydrogen-bond acceptors (Lipinski definition) is 2. The third kappa shape index (κ3) is 2.41. The molecular weight excluding hydrogens is 184 g/mol. The quantitative estimate of drug-likeness (QED) is 0.700. The summed E-state index contributed by atoms with van der Waals surface area (Å²) in [5.41, 5.74) is 9.52. The van der Waals surface area contributed by atoms with Crippen LogP contribution in [0.3, 0.4) is 0 Å². The molecule has 1 aliphatic heterocycles. The third-order valence-electron chi connectivity index (χ3n) is 3.12. The van der Waals surface area contributed by atoms with Crippen molar-refractivity contribution < 1.29 is 0 Å². The summed E-state index contributed by atoms with van der Waals surface area (Å²) in [6.07, 6.45) is 12.0. The van der Waals surface area contributed by atoms with Crippen LogP contribution in [0.15, 0.2) is 16.3 Å². The minimum absolute atomic E-state index is 0.595. The van der Waals surface area contributed by atoms with Gasteiger partial charge in [-0.2, -0.15) is 0 Å². The smallest absolute Gasteiger partial charge is 0.0407 e. The van der Waals surface area contributed by atoms with Crippen LogP contribution in [0.5, 0.6) is 0 Å². The molecule has 0 saturated heterocycles. The molecule has 15 heavy (non-hydrogen) atoms. The van der Waals surface area contributed by atoms with Gasteiger partial charge in [-0.3, -0.25) is 4.99 Å². The van der Waals surface area contributed by atoms with Crippen LogP contribution in [0.2, 0.25) is 0 Å². The molecule has 1 saturated carbocycles. The number of aliphatic imine (C=N–C) groups is 1. The van der Waals surface area contributed by atoms with Crippen molar-refractivity contribution in [3.8, 4) is 12.3 Å². The van der Waals surface area contributed by atoms with Gasteiger partial charge in [-0.1, -0.05) is 0 Å². The second-order valence-corrected chi connectivity index (χ2v) is 4.37. The molecule has 2 nitrogen and oxygen atoms in total. The molecule has 2 rings (SSSR count). The predicted octanol–water partition coefficient (Wildman–Crippen LogP) is 2.26. The minimum atomic E-state index is 0.595. The van der Waals surface area contributed by atoms with Crippen molar-refractivity contribution in [2.45, 2.75) is 38.5 Å². The van der Waals surface area contributed by atoms with Gasteiger partial charge in [0, 0.05) is 29.9 Å². The van der Waals surface area contributed by atoms with Crippen molar-refractivity contribution >= 4 is 5.71 Å². The molecule has 0 aromatic rings. The molecule has 1 heterocycles. The normalized spacial score (nSPS) is 22.7. The summed E-state index contributed by atoms with van der Waals surface area (Å²) >= 11 is 0. The molecule has 1 fully saturated rings. The maximum absolute atomic E-state index is 6.14. The predicted molar refractivity (Wildman–Crippen MR) is 63.5 cm³/mol. The molecule has 0 radical (unpaired) electrons. The highest BCUT2D eigenvalue weighted by Crippen LogP contribution is 2.36. The van der Waals surface area contributed by atoms with E-state index in [2.05, 4.69) is 10.9 Å². The van der Waals surface area contributed by atoms with Gasteiger partial charge in [-0.05, 0) is 38.0 Å². The van der Waals surface area contributed by atoms with E-state index in [0.29, 0.717) is 12.3 Å². The number of terminal acetylenes is 1. The minimum Gasteiger partial charge on any atom is -0.402 e. The summed E-state index contributed by atoms with van der Waals surface area (Å²) < 4.78 is 0. The molecular formula is C13H18N2. The number of rotatable bonds is 3. The Morgan fingerprint density at radius 1 is 1.47 bits per heavy atom. The van der Waals surface area contributed by atoms with E-state index in [1.807, 2.05) is 0 Å². The highest BCUT2D eigenvalue weighted by atomic mass is 14.8. The average molecular weight is 202 g/mol. The Hall–Kier alpha value is -1.23. The fourth-order valence-electron chi connectivity index (χ4n) is 2.06. The van der Waals surface area contributed by atoms with E-state index in [9.17, 15) is 0 Å². The summed E-state index contributed by atoms with van der Waals surface area (Å²) in [7, 11) is 0. The highest BCUT2D eigenvalue weighted by Gasteiger charge is 2.27. The number of nitrogens with two attached hydrogens (primary N) is 1. The molecule has 0 aromatic heterocycles. The Kier molecular flexibility index (Phi) is 3.11. The van der Waals surface area contributed by atoms with Crippen LogP contribution in [0.25, 0.3) is 0 Å². The van der Waals surface area contributed by atoms with Crippen LogP contribution in [-0.2, 0) is 0 Å². The van der Waals surface area contributed by atoms with Gasteiger partial charge in [0.1, 0.15) is 0 Å². The Labute approximate surface area is 91.7 Å². The monoisotopic (exact) mass is 202 g/mol. The van der Waals surface area contributed by atoms with Crippen LogP contribution in [-0.4, -0.2) is 12.3 Å². The maximum Gasteiger partial charge on any atom is 0.0407 e. The zero-order valence-corrected chi connectivity index (χ0v) is 9.13. The van der Waals surface area contributed by atoms with Crippen LogP contribution in [0, 0.1) is 18.3 Å². The van der Waals surface area contributed by atoms with Gasteiger partial charge in [0.05, 0.1) is 0 Å². The van der Waals surface area contributed by atoms with E-state index in [1.54, 1.807) is 0 Å². The number of nitrogens with zero attached hydrogens (tertiary/aromatic N) is 1. The zero-order valence-electron chi connectivity index (χ0n) is 9.13. The lowest BCUT2D eigenvalue weighted by Crippen LogP contribution is -2.15. The van der Waals surface area contributed by atoms with Crippen molar-refractivity contribution in [3.05, 3.63) is 11.3 Å². The first-order valence-corrected chi connectivity index (χ1v) is 5.78. The van der Waals surface area contributed by atoms with Gasteiger partial charge >= 0.3 is 0 Å². The van der Waals surface area contributed by atoms with E-state index in [4.69, 9.17) is 12.2 Å². The lowest BCUT2D eigenvalue weighted by molar-refractivity contribution is 0.734. The summed E-state index contributed by atoms with van der Waals surface area (Å²) in [5.74, 6) is 3.31. The topological polar surface area (TPSA) is 38.4 Å². The summed E-state index contributed by atoms with van der Waals surface area (Å²) in [6.45, 7) is 0.946. The molecule has 1 aliphatic carbocycles. The fourth-order valence-corrected chi connectivity index (χ4v) is 2.06. The third-order valence-corrected chi connectivity index (χ3v) is 3.12. The van der Waals surface area contributed by atoms with Crippen molar-refractivity contribution in [2.24, 2.45) is 16.6 Å². The summed E-state index contributed by atoms with van der Waals surface area (Å²) in [4.78, 5) is 4.56. The molecule has 80 valence electrons. The lowest BCUT2D eigenvalue weighted by Gasteiger charge is -2.16. The molecule has 2 aliphatic rings. The molecule has 0 bridgehead atoms. The SMILES string of the molecule is C#CC/C(C1=NCCCC1)=C(/N)C1CC1.